The zero-order valence-electron chi connectivity index (χ0n) is 12.5. The van der Waals surface area contributed by atoms with Gasteiger partial charge in [0, 0.05) is 12.0 Å². The molecule has 0 bridgehead atoms. The van der Waals surface area contributed by atoms with Gasteiger partial charge in [-0.05, 0) is 50.1 Å². The van der Waals surface area contributed by atoms with Gasteiger partial charge in [0.2, 0.25) is 0 Å². The van der Waals surface area contributed by atoms with Gasteiger partial charge in [-0.2, -0.15) is 0 Å². The number of aliphatic hydroxyl groups excluding tert-OH is 1. The maximum atomic E-state index is 13.9. The Balaban J connectivity index is 1.97. The molecule has 0 fully saturated rings. The van der Waals surface area contributed by atoms with Gasteiger partial charge in [-0.1, -0.05) is 23.8 Å². The zero-order chi connectivity index (χ0) is 15.2. The van der Waals surface area contributed by atoms with Crippen molar-refractivity contribution in [1.29, 1.82) is 0 Å². The molecule has 0 spiro atoms. The van der Waals surface area contributed by atoms with E-state index in [9.17, 15) is 9.50 Å². The summed E-state index contributed by atoms with van der Waals surface area (Å²) in [5.74, 6) is 0.464. The number of hydrogen-bond acceptors (Lipinski definition) is 2. The quantitative estimate of drug-likeness (QED) is 0.906. The highest BCUT2D eigenvalue weighted by Crippen LogP contribution is 2.37. The van der Waals surface area contributed by atoms with Gasteiger partial charge in [0.25, 0.3) is 0 Å². The maximum Gasteiger partial charge on any atom is 0.129 e. The second-order valence-electron chi connectivity index (χ2n) is 6.33. The molecule has 0 radical (unpaired) electrons. The molecule has 3 heteroatoms. The fourth-order valence-corrected chi connectivity index (χ4v) is 2.85. The molecule has 1 unspecified atom stereocenters. The Morgan fingerprint density at radius 2 is 1.95 bits per heavy atom. The summed E-state index contributed by atoms with van der Waals surface area (Å²) in [6, 6.07) is 10.4. The van der Waals surface area contributed by atoms with Gasteiger partial charge < -0.3 is 9.84 Å². The van der Waals surface area contributed by atoms with Crippen LogP contribution in [0.15, 0.2) is 36.4 Å². The Hall–Kier alpha value is -1.87. The van der Waals surface area contributed by atoms with Crippen LogP contribution < -0.4 is 4.74 Å². The van der Waals surface area contributed by atoms with Gasteiger partial charge >= 0.3 is 0 Å². The molecule has 1 heterocycles. The van der Waals surface area contributed by atoms with Crippen LogP contribution in [0, 0.1) is 12.7 Å². The molecule has 0 aliphatic carbocycles. The van der Waals surface area contributed by atoms with Crippen molar-refractivity contribution in [3.05, 3.63) is 64.5 Å². The maximum absolute atomic E-state index is 13.9. The van der Waals surface area contributed by atoms with Crippen LogP contribution in [0.5, 0.6) is 5.75 Å². The minimum atomic E-state index is -0.959. The van der Waals surface area contributed by atoms with Crippen LogP contribution in [0.4, 0.5) is 4.39 Å². The van der Waals surface area contributed by atoms with Gasteiger partial charge in [0.05, 0.1) is 0 Å². The normalized spacial score (nSPS) is 17.2. The van der Waals surface area contributed by atoms with Crippen molar-refractivity contribution in [2.24, 2.45) is 0 Å². The molecular weight excluding hydrogens is 267 g/mol. The van der Waals surface area contributed by atoms with E-state index in [2.05, 4.69) is 0 Å². The molecule has 2 aromatic rings. The topological polar surface area (TPSA) is 29.5 Å². The standard InChI is InChI=1S/C18H19FO2/c1-11-4-6-15(19)14(8-11)17(20)12-5-7-16-13(9-12)10-18(2,3)21-16/h4-9,17,20H,10H2,1-3H3. The molecule has 1 aliphatic heterocycles. The number of halogens is 1. The molecule has 1 atom stereocenters. The van der Waals surface area contributed by atoms with Crippen LogP contribution in [-0.2, 0) is 6.42 Å². The van der Waals surface area contributed by atoms with Gasteiger partial charge in [-0.25, -0.2) is 4.39 Å². The van der Waals surface area contributed by atoms with E-state index in [0.29, 0.717) is 11.1 Å². The number of hydrogen-bond donors (Lipinski definition) is 1. The summed E-state index contributed by atoms with van der Waals surface area (Å²) in [7, 11) is 0. The smallest absolute Gasteiger partial charge is 0.129 e. The van der Waals surface area contributed by atoms with Crippen molar-refractivity contribution < 1.29 is 14.2 Å². The first kappa shape index (κ1) is 14.1. The Labute approximate surface area is 124 Å². The first-order chi connectivity index (χ1) is 9.85. The fourth-order valence-electron chi connectivity index (χ4n) is 2.85. The highest BCUT2D eigenvalue weighted by molar-refractivity contribution is 5.44. The van der Waals surface area contributed by atoms with Gasteiger partial charge in [-0.3, -0.25) is 0 Å². The minimum Gasteiger partial charge on any atom is -0.487 e. The van der Waals surface area contributed by atoms with E-state index < -0.39 is 6.10 Å². The summed E-state index contributed by atoms with van der Waals surface area (Å²) in [4.78, 5) is 0. The van der Waals surface area contributed by atoms with E-state index in [1.54, 1.807) is 18.2 Å². The second kappa shape index (κ2) is 4.85. The highest BCUT2D eigenvalue weighted by Gasteiger charge is 2.30. The molecule has 0 aromatic heterocycles. The molecular formula is C18H19FO2. The molecule has 21 heavy (non-hydrogen) atoms. The van der Waals surface area contributed by atoms with Gasteiger partial charge in [0.15, 0.2) is 0 Å². The van der Waals surface area contributed by atoms with Crippen LogP contribution in [0.2, 0.25) is 0 Å². The number of ether oxygens (including phenoxy) is 1. The molecule has 2 aromatic carbocycles. The van der Waals surface area contributed by atoms with Crippen LogP contribution >= 0.6 is 0 Å². The van der Waals surface area contributed by atoms with Gasteiger partial charge in [0.1, 0.15) is 23.3 Å². The Morgan fingerprint density at radius 1 is 1.19 bits per heavy atom. The molecule has 2 nitrogen and oxygen atoms in total. The van der Waals surface area contributed by atoms with E-state index in [-0.39, 0.29) is 11.4 Å². The van der Waals surface area contributed by atoms with Crippen LogP contribution in [0.1, 0.15) is 42.2 Å². The fraction of sp³-hybridized carbons (Fsp3) is 0.333. The summed E-state index contributed by atoms with van der Waals surface area (Å²) in [5, 5.41) is 10.5. The van der Waals surface area contributed by atoms with E-state index in [0.717, 1.165) is 23.3 Å². The van der Waals surface area contributed by atoms with Crippen molar-refractivity contribution in [1.82, 2.24) is 0 Å². The zero-order valence-corrected chi connectivity index (χ0v) is 12.5. The number of aryl methyl sites for hydroxylation is 1. The third kappa shape index (κ3) is 2.66. The summed E-state index contributed by atoms with van der Waals surface area (Å²) in [6.07, 6.45) is -0.168. The lowest BCUT2D eigenvalue weighted by molar-refractivity contribution is 0.138. The number of benzene rings is 2. The Morgan fingerprint density at radius 3 is 2.71 bits per heavy atom. The average molecular weight is 286 g/mol. The number of fused-ring (bicyclic) bond motifs is 1. The first-order valence-corrected chi connectivity index (χ1v) is 7.12. The summed E-state index contributed by atoms with van der Waals surface area (Å²) >= 11 is 0. The molecule has 1 aliphatic rings. The van der Waals surface area contributed by atoms with Crippen LogP contribution in [-0.4, -0.2) is 10.7 Å². The Bertz CT molecular complexity index is 692. The lowest BCUT2D eigenvalue weighted by Crippen LogP contribution is -2.24. The summed E-state index contributed by atoms with van der Waals surface area (Å²) in [6.45, 7) is 5.95. The van der Waals surface area contributed by atoms with Gasteiger partial charge in [-0.15, -0.1) is 0 Å². The van der Waals surface area contributed by atoms with Crippen LogP contribution in [0.3, 0.4) is 0 Å². The predicted molar refractivity (Wildman–Crippen MR) is 80.1 cm³/mol. The summed E-state index contributed by atoms with van der Waals surface area (Å²) < 4.78 is 19.7. The van der Waals surface area contributed by atoms with E-state index >= 15 is 0 Å². The van der Waals surface area contributed by atoms with Crippen molar-refractivity contribution in [3.63, 3.8) is 0 Å². The molecule has 0 saturated heterocycles. The van der Waals surface area contributed by atoms with Crippen molar-refractivity contribution in [2.45, 2.75) is 38.9 Å². The third-order valence-electron chi connectivity index (χ3n) is 3.85. The number of rotatable bonds is 2. The molecule has 0 saturated carbocycles. The third-order valence-corrected chi connectivity index (χ3v) is 3.85. The molecule has 110 valence electrons. The largest absolute Gasteiger partial charge is 0.487 e. The molecule has 1 N–H and O–H groups in total. The lowest BCUT2D eigenvalue weighted by Gasteiger charge is -2.16. The predicted octanol–water partition coefficient (Wildman–Crippen LogP) is 3.93. The van der Waals surface area contributed by atoms with Crippen molar-refractivity contribution >= 4 is 0 Å². The minimum absolute atomic E-state index is 0.222. The van der Waals surface area contributed by atoms with Crippen molar-refractivity contribution in [2.75, 3.05) is 0 Å². The monoisotopic (exact) mass is 286 g/mol. The summed E-state index contributed by atoms with van der Waals surface area (Å²) in [5.41, 5.74) is 2.77. The lowest BCUT2D eigenvalue weighted by atomic mass is 9.95. The van der Waals surface area contributed by atoms with Crippen LogP contribution in [0.25, 0.3) is 0 Å². The SMILES string of the molecule is Cc1ccc(F)c(C(O)c2ccc3c(c2)CC(C)(C)O3)c1. The second-order valence-corrected chi connectivity index (χ2v) is 6.33. The Kier molecular flexibility index (Phi) is 3.25. The van der Waals surface area contributed by atoms with E-state index in [1.165, 1.54) is 6.07 Å². The van der Waals surface area contributed by atoms with E-state index in [4.69, 9.17) is 4.74 Å². The first-order valence-electron chi connectivity index (χ1n) is 7.12. The number of aliphatic hydroxyl groups is 1. The highest BCUT2D eigenvalue weighted by atomic mass is 19.1. The average Bonchev–Trinajstić information content (AvgIpc) is 2.73. The van der Waals surface area contributed by atoms with Crippen molar-refractivity contribution in [3.8, 4) is 5.75 Å². The molecule has 0 amide bonds. The van der Waals surface area contributed by atoms with E-state index in [1.807, 2.05) is 32.9 Å². The molecule has 3 rings (SSSR count).